The Labute approximate surface area is 142 Å². The van der Waals surface area contributed by atoms with Gasteiger partial charge < -0.3 is 5.32 Å². The van der Waals surface area contributed by atoms with Crippen LogP contribution in [0.3, 0.4) is 0 Å². The van der Waals surface area contributed by atoms with Crippen molar-refractivity contribution in [3.63, 3.8) is 0 Å². The van der Waals surface area contributed by atoms with E-state index in [1.807, 2.05) is 12.1 Å². The van der Waals surface area contributed by atoms with E-state index < -0.39 is 0 Å². The maximum atomic E-state index is 12.2. The summed E-state index contributed by atoms with van der Waals surface area (Å²) in [5.41, 5.74) is 2.61. The Balaban J connectivity index is 1.74. The molecule has 112 valence electrons. The molecular weight excluding hydrogens is 360 g/mol. The number of benzene rings is 1. The van der Waals surface area contributed by atoms with Gasteiger partial charge in [0.2, 0.25) is 0 Å². The van der Waals surface area contributed by atoms with E-state index >= 15 is 0 Å². The molecule has 1 aromatic heterocycles. The maximum Gasteiger partial charge on any atom is 0.181 e. The number of Topliss-reactive ketones (excluding diaryl/α,β-unsaturated/α-hetero) is 1. The first-order chi connectivity index (χ1) is 10.7. The van der Waals surface area contributed by atoms with Crippen molar-refractivity contribution in [2.24, 2.45) is 0 Å². The molecule has 1 N–H and O–H groups in total. The van der Waals surface area contributed by atoms with Crippen molar-refractivity contribution >= 4 is 38.1 Å². The highest BCUT2D eigenvalue weighted by molar-refractivity contribution is 9.10. The average Bonchev–Trinajstić information content (AvgIpc) is 2.90. The zero-order valence-electron chi connectivity index (χ0n) is 12.0. The van der Waals surface area contributed by atoms with Crippen LogP contribution in [0.1, 0.15) is 39.2 Å². The highest BCUT2D eigenvalue weighted by Crippen LogP contribution is 2.37. The van der Waals surface area contributed by atoms with Gasteiger partial charge in [0, 0.05) is 14.9 Å². The molecule has 0 spiro atoms. The van der Waals surface area contributed by atoms with Gasteiger partial charge in [0.05, 0.1) is 12.1 Å². The van der Waals surface area contributed by atoms with Crippen LogP contribution in [0.25, 0.3) is 0 Å². The van der Waals surface area contributed by atoms with Crippen LogP contribution in [0.2, 0.25) is 0 Å². The fraction of sp³-hybridized carbons (Fsp3) is 0.294. The van der Waals surface area contributed by atoms with Crippen LogP contribution in [-0.4, -0.2) is 12.3 Å². The summed E-state index contributed by atoms with van der Waals surface area (Å²) >= 11 is 4.99. The standard InChI is InChI=1S/C17H15BrN2OS/c18-12-7-5-11(6-8-12)15(21)10-20-17-14(9-19)13-3-1-2-4-16(13)22-17/h5-8,20H,1-4,10H2. The van der Waals surface area contributed by atoms with Crippen LogP contribution < -0.4 is 5.32 Å². The average molecular weight is 375 g/mol. The molecule has 2 aromatic rings. The molecule has 1 aliphatic rings. The number of anilines is 1. The zero-order valence-corrected chi connectivity index (χ0v) is 14.4. The monoisotopic (exact) mass is 374 g/mol. The molecule has 0 saturated heterocycles. The normalized spacial score (nSPS) is 13.3. The number of nitrogens with zero attached hydrogens (tertiary/aromatic N) is 1. The van der Waals surface area contributed by atoms with Gasteiger partial charge in [0.25, 0.3) is 0 Å². The lowest BCUT2D eigenvalue weighted by molar-refractivity contribution is 0.101. The molecule has 0 unspecified atom stereocenters. The van der Waals surface area contributed by atoms with Crippen molar-refractivity contribution in [3.8, 4) is 6.07 Å². The quantitative estimate of drug-likeness (QED) is 0.798. The molecule has 0 radical (unpaired) electrons. The van der Waals surface area contributed by atoms with Gasteiger partial charge in [-0.15, -0.1) is 11.3 Å². The Kier molecular flexibility index (Phi) is 4.60. The minimum atomic E-state index is 0.0303. The third-order valence-electron chi connectivity index (χ3n) is 3.86. The summed E-state index contributed by atoms with van der Waals surface area (Å²) in [4.78, 5) is 13.5. The number of hydrogen-bond donors (Lipinski definition) is 1. The van der Waals surface area contributed by atoms with E-state index in [1.165, 1.54) is 16.9 Å². The van der Waals surface area contributed by atoms with Crippen molar-refractivity contribution in [3.05, 3.63) is 50.3 Å². The summed E-state index contributed by atoms with van der Waals surface area (Å²) < 4.78 is 0.953. The van der Waals surface area contributed by atoms with E-state index in [-0.39, 0.29) is 12.3 Å². The fourth-order valence-electron chi connectivity index (χ4n) is 2.71. The summed E-state index contributed by atoms with van der Waals surface area (Å²) in [6.45, 7) is 0.218. The Morgan fingerprint density at radius 3 is 2.73 bits per heavy atom. The first-order valence-electron chi connectivity index (χ1n) is 7.26. The van der Waals surface area contributed by atoms with E-state index in [1.54, 1.807) is 23.5 Å². The summed E-state index contributed by atoms with van der Waals surface area (Å²) in [5, 5.41) is 13.4. The largest absolute Gasteiger partial charge is 0.368 e. The number of hydrogen-bond acceptors (Lipinski definition) is 4. The van der Waals surface area contributed by atoms with Crippen LogP contribution in [0.15, 0.2) is 28.7 Å². The van der Waals surface area contributed by atoms with Gasteiger partial charge >= 0.3 is 0 Å². The lowest BCUT2D eigenvalue weighted by atomic mass is 9.96. The Morgan fingerprint density at radius 1 is 1.27 bits per heavy atom. The molecule has 0 bridgehead atoms. The minimum absolute atomic E-state index is 0.0303. The van der Waals surface area contributed by atoms with Gasteiger partial charge in [0.1, 0.15) is 11.1 Å². The first kappa shape index (κ1) is 15.3. The Bertz CT molecular complexity index is 743. The van der Waals surface area contributed by atoms with Crippen molar-refractivity contribution in [1.29, 1.82) is 5.26 Å². The van der Waals surface area contributed by atoms with Crippen LogP contribution in [-0.2, 0) is 12.8 Å². The Morgan fingerprint density at radius 2 is 2.00 bits per heavy atom. The number of nitrogens with one attached hydrogen (secondary N) is 1. The molecule has 1 aliphatic carbocycles. The summed E-state index contributed by atoms with van der Waals surface area (Å²) in [6, 6.07) is 9.63. The van der Waals surface area contributed by atoms with Crippen LogP contribution in [0.4, 0.5) is 5.00 Å². The predicted octanol–water partition coefficient (Wildman–Crippen LogP) is 4.56. The van der Waals surface area contributed by atoms with Gasteiger partial charge in [0.15, 0.2) is 5.78 Å². The SMILES string of the molecule is N#Cc1c(NCC(=O)c2ccc(Br)cc2)sc2c1CCCC2. The van der Waals surface area contributed by atoms with Gasteiger partial charge in [-0.3, -0.25) is 4.79 Å². The molecule has 5 heteroatoms. The van der Waals surface area contributed by atoms with Crippen molar-refractivity contribution in [2.45, 2.75) is 25.7 Å². The van der Waals surface area contributed by atoms with Gasteiger partial charge in [-0.25, -0.2) is 0 Å². The third kappa shape index (κ3) is 3.08. The van der Waals surface area contributed by atoms with Gasteiger partial charge in [-0.2, -0.15) is 5.26 Å². The molecule has 0 fully saturated rings. The summed E-state index contributed by atoms with van der Waals surface area (Å²) in [6.07, 6.45) is 4.37. The second kappa shape index (κ2) is 6.64. The van der Waals surface area contributed by atoms with Crippen LogP contribution in [0.5, 0.6) is 0 Å². The highest BCUT2D eigenvalue weighted by atomic mass is 79.9. The van der Waals surface area contributed by atoms with Crippen LogP contribution in [0, 0.1) is 11.3 Å². The maximum absolute atomic E-state index is 12.2. The topological polar surface area (TPSA) is 52.9 Å². The predicted molar refractivity (Wildman–Crippen MR) is 92.6 cm³/mol. The van der Waals surface area contributed by atoms with E-state index in [9.17, 15) is 10.1 Å². The van der Waals surface area contributed by atoms with E-state index in [0.29, 0.717) is 5.56 Å². The molecule has 0 atom stereocenters. The fourth-order valence-corrected chi connectivity index (χ4v) is 4.21. The third-order valence-corrected chi connectivity index (χ3v) is 5.64. The smallest absolute Gasteiger partial charge is 0.181 e. The summed E-state index contributed by atoms with van der Waals surface area (Å²) in [7, 11) is 0. The number of rotatable bonds is 4. The summed E-state index contributed by atoms with van der Waals surface area (Å²) in [5.74, 6) is 0.0303. The van der Waals surface area contributed by atoms with Crippen LogP contribution >= 0.6 is 27.3 Å². The minimum Gasteiger partial charge on any atom is -0.368 e. The van der Waals surface area contributed by atoms with Gasteiger partial charge in [-0.1, -0.05) is 28.1 Å². The second-order valence-corrected chi connectivity index (χ2v) is 7.33. The van der Waals surface area contributed by atoms with Gasteiger partial charge in [-0.05, 0) is 43.4 Å². The molecule has 0 amide bonds. The number of carbonyl (C=O) groups excluding carboxylic acids is 1. The number of fused-ring (bicyclic) bond motifs is 1. The Hall–Kier alpha value is -1.64. The molecule has 3 nitrogen and oxygen atoms in total. The number of ketones is 1. The molecule has 0 saturated carbocycles. The van der Waals surface area contributed by atoms with Crippen molar-refractivity contribution in [1.82, 2.24) is 0 Å². The number of carbonyl (C=O) groups is 1. The van der Waals surface area contributed by atoms with E-state index in [4.69, 9.17) is 0 Å². The number of nitriles is 1. The van der Waals surface area contributed by atoms with Crippen molar-refractivity contribution in [2.75, 3.05) is 11.9 Å². The lowest BCUT2D eigenvalue weighted by Gasteiger charge is -2.09. The van der Waals surface area contributed by atoms with E-state index in [2.05, 4.69) is 27.3 Å². The number of halogens is 1. The molecule has 1 aromatic carbocycles. The highest BCUT2D eigenvalue weighted by Gasteiger charge is 2.20. The second-order valence-electron chi connectivity index (χ2n) is 5.31. The first-order valence-corrected chi connectivity index (χ1v) is 8.87. The molecule has 1 heterocycles. The molecular formula is C17H15BrN2OS. The molecule has 3 rings (SSSR count). The zero-order chi connectivity index (χ0) is 15.5. The lowest BCUT2D eigenvalue weighted by Crippen LogP contribution is -2.13. The number of aryl methyl sites for hydroxylation is 1. The van der Waals surface area contributed by atoms with Crippen molar-refractivity contribution < 1.29 is 4.79 Å². The molecule has 0 aliphatic heterocycles. The molecule has 22 heavy (non-hydrogen) atoms. The van der Waals surface area contributed by atoms with E-state index in [0.717, 1.165) is 34.3 Å². The number of thiophene rings is 1.